The van der Waals surface area contributed by atoms with E-state index in [0.29, 0.717) is 6.04 Å². The summed E-state index contributed by atoms with van der Waals surface area (Å²) in [6.45, 7) is 2.02. The molecular weight excluding hydrogens is 178 g/mol. The molecule has 2 aromatic rings. The van der Waals surface area contributed by atoms with Crippen molar-refractivity contribution in [3.8, 4) is 0 Å². The molecule has 5 nitrogen and oxygen atoms in total. The number of rotatable bonds is 1. The Morgan fingerprint density at radius 1 is 1.50 bits per heavy atom. The van der Waals surface area contributed by atoms with Crippen LogP contribution in [0.4, 0.5) is 0 Å². The number of aromatic nitrogens is 4. The summed E-state index contributed by atoms with van der Waals surface area (Å²) in [5.74, 6) is 0. The molecule has 1 aliphatic heterocycles. The first-order valence-electron chi connectivity index (χ1n) is 4.82. The van der Waals surface area contributed by atoms with Gasteiger partial charge >= 0.3 is 0 Å². The molecule has 0 saturated carbocycles. The normalized spacial score (nSPS) is 21.9. The largest absolute Gasteiger partial charge is 0.315 e. The number of pyridine rings is 1. The van der Waals surface area contributed by atoms with Crippen LogP contribution in [0.2, 0.25) is 0 Å². The first-order valence-corrected chi connectivity index (χ1v) is 4.82. The number of fused-ring (bicyclic) bond motifs is 1. The highest BCUT2D eigenvalue weighted by molar-refractivity contribution is 5.68. The van der Waals surface area contributed by atoms with Crippen molar-refractivity contribution in [2.75, 3.05) is 13.1 Å². The number of hydrogen-bond donors (Lipinski definition) is 1. The highest BCUT2D eigenvalue weighted by atomic mass is 15.5. The zero-order valence-electron chi connectivity index (χ0n) is 7.72. The Bertz CT molecular complexity index is 443. The molecule has 5 heteroatoms. The lowest BCUT2D eigenvalue weighted by Crippen LogP contribution is -2.14. The van der Waals surface area contributed by atoms with Crippen molar-refractivity contribution < 1.29 is 0 Å². The second-order valence-electron chi connectivity index (χ2n) is 3.53. The Morgan fingerprint density at radius 3 is 3.36 bits per heavy atom. The molecule has 0 bridgehead atoms. The third-order valence-electron chi connectivity index (χ3n) is 2.61. The van der Waals surface area contributed by atoms with Crippen LogP contribution >= 0.6 is 0 Å². The van der Waals surface area contributed by atoms with Gasteiger partial charge in [0.05, 0.1) is 6.04 Å². The van der Waals surface area contributed by atoms with Crippen LogP contribution in [0.3, 0.4) is 0 Å². The van der Waals surface area contributed by atoms with E-state index in [2.05, 4.69) is 20.6 Å². The molecule has 1 saturated heterocycles. The van der Waals surface area contributed by atoms with Gasteiger partial charge in [0.1, 0.15) is 5.52 Å². The second-order valence-corrected chi connectivity index (χ2v) is 3.53. The first-order chi connectivity index (χ1) is 6.95. The fraction of sp³-hybridized carbons (Fsp3) is 0.444. The minimum Gasteiger partial charge on any atom is -0.315 e. The molecule has 2 aromatic heterocycles. The molecule has 1 atom stereocenters. The van der Waals surface area contributed by atoms with Gasteiger partial charge in [0.15, 0.2) is 5.65 Å². The van der Waals surface area contributed by atoms with Gasteiger partial charge in [0.25, 0.3) is 0 Å². The first kappa shape index (κ1) is 7.87. The monoisotopic (exact) mass is 189 g/mol. The molecule has 1 N–H and O–H groups in total. The van der Waals surface area contributed by atoms with Crippen LogP contribution in [0.5, 0.6) is 0 Å². The summed E-state index contributed by atoms with van der Waals surface area (Å²) < 4.78 is 1.93. The van der Waals surface area contributed by atoms with Crippen LogP contribution in [0.15, 0.2) is 18.3 Å². The van der Waals surface area contributed by atoms with Crippen molar-refractivity contribution in [3.05, 3.63) is 18.3 Å². The third-order valence-corrected chi connectivity index (χ3v) is 2.61. The summed E-state index contributed by atoms with van der Waals surface area (Å²) >= 11 is 0. The second kappa shape index (κ2) is 3.02. The number of nitrogens with zero attached hydrogens (tertiary/aromatic N) is 4. The van der Waals surface area contributed by atoms with Crippen LogP contribution in [-0.2, 0) is 0 Å². The van der Waals surface area contributed by atoms with Crippen LogP contribution < -0.4 is 5.32 Å². The number of hydrogen-bond acceptors (Lipinski definition) is 4. The molecule has 3 heterocycles. The minimum absolute atomic E-state index is 0.412. The summed E-state index contributed by atoms with van der Waals surface area (Å²) in [5.41, 5.74) is 1.76. The van der Waals surface area contributed by atoms with Crippen LogP contribution in [0.1, 0.15) is 12.5 Å². The minimum atomic E-state index is 0.412. The van der Waals surface area contributed by atoms with Crippen LogP contribution in [0, 0.1) is 0 Å². The predicted octanol–water partition coefficient (Wildman–Crippen LogP) is 0.361. The van der Waals surface area contributed by atoms with E-state index in [1.165, 1.54) is 0 Å². The zero-order chi connectivity index (χ0) is 9.38. The average molecular weight is 189 g/mol. The van der Waals surface area contributed by atoms with E-state index in [-0.39, 0.29) is 0 Å². The maximum absolute atomic E-state index is 4.30. The van der Waals surface area contributed by atoms with E-state index in [0.717, 1.165) is 30.7 Å². The van der Waals surface area contributed by atoms with Gasteiger partial charge in [-0.2, -0.15) is 0 Å². The summed E-state index contributed by atoms with van der Waals surface area (Å²) in [6, 6.07) is 4.23. The molecule has 0 aliphatic carbocycles. The van der Waals surface area contributed by atoms with E-state index < -0.39 is 0 Å². The van der Waals surface area contributed by atoms with E-state index >= 15 is 0 Å². The van der Waals surface area contributed by atoms with E-state index in [9.17, 15) is 0 Å². The third kappa shape index (κ3) is 1.09. The van der Waals surface area contributed by atoms with E-state index in [1.807, 2.05) is 16.8 Å². The quantitative estimate of drug-likeness (QED) is 0.703. The Labute approximate surface area is 81.1 Å². The maximum atomic E-state index is 4.30. The average Bonchev–Trinajstić information content (AvgIpc) is 2.85. The topological polar surface area (TPSA) is 55.6 Å². The van der Waals surface area contributed by atoms with Crippen molar-refractivity contribution >= 4 is 11.2 Å². The van der Waals surface area contributed by atoms with Gasteiger partial charge in [0, 0.05) is 12.7 Å². The SMILES string of the molecule is c1cnc2c(c1)nnn2C1CCNC1. The molecule has 1 aliphatic rings. The van der Waals surface area contributed by atoms with Gasteiger partial charge in [-0.05, 0) is 25.1 Å². The van der Waals surface area contributed by atoms with Gasteiger partial charge in [-0.15, -0.1) is 5.10 Å². The summed E-state index contributed by atoms with van der Waals surface area (Å²) in [7, 11) is 0. The summed E-state index contributed by atoms with van der Waals surface area (Å²) in [5, 5.41) is 11.5. The summed E-state index contributed by atoms with van der Waals surface area (Å²) in [4.78, 5) is 4.30. The molecule has 72 valence electrons. The Hall–Kier alpha value is -1.49. The molecule has 0 amide bonds. The Morgan fingerprint density at radius 2 is 2.50 bits per heavy atom. The molecule has 0 radical (unpaired) electrons. The number of nitrogens with one attached hydrogen (secondary N) is 1. The Kier molecular flexibility index (Phi) is 1.70. The van der Waals surface area contributed by atoms with E-state index in [4.69, 9.17) is 0 Å². The molecule has 14 heavy (non-hydrogen) atoms. The van der Waals surface area contributed by atoms with E-state index in [1.54, 1.807) is 6.20 Å². The molecule has 1 unspecified atom stereocenters. The standard InChI is InChI=1S/C9H11N5/c1-2-8-9(11-4-1)14(13-12-8)7-3-5-10-6-7/h1-2,4,7,10H,3,5-6H2. The summed E-state index contributed by atoms with van der Waals surface area (Å²) in [6.07, 6.45) is 2.89. The van der Waals surface area contributed by atoms with Crippen LogP contribution in [-0.4, -0.2) is 33.1 Å². The fourth-order valence-electron chi connectivity index (χ4n) is 1.88. The van der Waals surface area contributed by atoms with Crippen LogP contribution in [0.25, 0.3) is 11.2 Å². The smallest absolute Gasteiger partial charge is 0.178 e. The zero-order valence-corrected chi connectivity index (χ0v) is 7.72. The van der Waals surface area contributed by atoms with Crippen molar-refractivity contribution in [1.29, 1.82) is 0 Å². The molecule has 1 fully saturated rings. The molecular formula is C9H11N5. The van der Waals surface area contributed by atoms with Gasteiger partial charge < -0.3 is 5.32 Å². The van der Waals surface area contributed by atoms with Crippen molar-refractivity contribution in [2.45, 2.75) is 12.5 Å². The highest BCUT2D eigenvalue weighted by Crippen LogP contribution is 2.17. The highest BCUT2D eigenvalue weighted by Gasteiger charge is 2.19. The fourth-order valence-corrected chi connectivity index (χ4v) is 1.88. The maximum Gasteiger partial charge on any atom is 0.178 e. The van der Waals surface area contributed by atoms with Crippen molar-refractivity contribution in [3.63, 3.8) is 0 Å². The van der Waals surface area contributed by atoms with Crippen molar-refractivity contribution in [1.82, 2.24) is 25.3 Å². The lowest BCUT2D eigenvalue weighted by molar-refractivity contribution is 0.487. The van der Waals surface area contributed by atoms with Crippen molar-refractivity contribution in [2.24, 2.45) is 0 Å². The van der Waals surface area contributed by atoms with Gasteiger partial charge in [-0.25, -0.2) is 9.67 Å². The molecule has 0 aromatic carbocycles. The lowest BCUT2D eigenvalue weighted by atomic mass is 10.3. The van der Waals surface area contributed by atoms with Gasteiger partial charge in [-0.1, -0.05) is 5.21 Å². The molecule has 0 spiro atoms. The van der Waals surface area contributed by atoms with Gasteiger partial charge in [0.2, 0.25) is 0 Å². The van der Waals surface area contributed by atoms with Gasteiger partial charge in [-0.3, -0.25) is 0 Å². The lowest BCUT2D eigenvalue weighted by Gasteiger charge is -2.07. The Balaban J connectivity index is 2.11. The molecule has 3 rings (SSSR count). The predicted molar refractivity (Wildman–Crippen MR) is 51.8 cm³/mol.